The maximum absolute atomic E-state index is 9.69. The molecule has 0 aliphatic rings. The van der Waals surface area contributed by atoms with Crippen molar-refractivity contribution >= 4 is 11.1 Å². The molecule has 2 aromatic carbocycles. The first kappa shape index (κ1) is 11.8. The summed E-state index contributed by atoms with van der Waals surface area (Å²) in [5.74, 6) is 0.619. The van der Waals surface area contributed by atoms with Crippen LogP contribution in [0.5, 0.6) is 5.75 Å². The number of oxazole rings is 1. The minimum Gasteiger partial charge on any atom is -0.507 e. The molecule has 0 aliphatic heterocycles. The zero-order chi connectivity index (χ0) is 11.0. The van der Waals surface area contributed by atoms with Gasteiger partial charge in [0.2, 0.25) is 5.89 Å². The zero-order valence-electron chi connectivity index (χ0n) is 9.13. The monoisotopic (exact) mass is 275 g/mol. The van der Waals surface area contributed by atoms with Crippen LogP contribution >= 0.6 is 0 Å². The summed E-state index contributed by atoms with van der Waals surface area (Å²) in [5.41, 5.74) is 2.13. The Bertz CT molecular complexity index is 615. The first-order valence-corrected chi connectivity index (χ1v) is 4.98. The summed E-state index contributed by atoms with van der Waals surface area (Å²) in [4.78, 5) is 4.32. The Morgan fingerprint density at radius 2 is 1.65 bits per heavy atom. The number of hydrogen-bond acceptors (Lipinski definition) is 3. The average molecular weight is 277 g/mol. The van der Waals surface area contributed by atoms with Gasteiger partial charge in [0, 0.05) is 0 Å². The van der Waals surface area contributed by atoms with E-state index in [2.05, 4.69) is 4.98 Å². The number of para-hydroxylation sites is 3. The van der Waals surface area contributed by atoms with E-state index < -0.39 is 0 Å². The van der Waals surface area contributed by atoms with Gasteiger partial charge in [-0.15, -0.1) is 0 Å². The third kappa shape index (κ3) is 2.09. The molecule has 3 rings (SSSR count). The molecule has 0 amide bonds. The van der Waals surface area contributed by atoms with Gasteiger partial charge >= 0.3 is 19.5 Å². The molecule has 0 spiro atoms. The second-order valence-electron chi connectivity index (χ2n) is 3.50. The van der Waals surface area contributed by atoms with Gasteiger partial charge in [-0.3, -0.25) is 0 Å². The van der Waals surface area contributed by atoms with Crippen molar-refractivity contribution in [2.75, 3.05) is 0 Å². The van der Waals surface area contributed by atoms with E-state index >= 15 is 0 Å². The van der Waals surface area contributed by atoms with Crippen LogP contribution < -0.4 is 0 Å². The van der Waals surface area contributed by atoms with E-state index in [1.54, 1.807) is 18.2 Å². The predicted molar refractivity (Wildman–Crippen MR) is 61.1 cm³/mol. The van der Waals surface area contributed by atoms with Gasteiger partial charge in [-0.1, -0.05) is 24.3 Å². The van der Waals surface area contributed by atoms with Crippen molar-refractivity contribution in [3.8, 4) is 17.2 Å². The van der Waals surface area contributed by atoms with Gasteiger partial charge in [0.25, 0.3) is 0 Å². The summed E-state index contributed by atoms with van der Waals surface area (Å²) in [6, 6.07) is 14.5. The third-order valence-electron chi connectivity index (χ3n) is 2.43. The largest absolute Gasteiger partial charge is 2.00 e. The van der Waals surface area contributed by atoms with Crippen molar-refractivity contribution in [1.82, 2.24) is 4.98 Å². The van der Waals surface area contributed by atoms with Gasteiger partial charge in [-0.25, -0.2) is 4.98 Å². The van der Waals surface area contributed by atoms with Gasteiger partial charge < -0.3 is 9.52 Å². The Kier molecular flexibility index (Phi) is 3.25. The first-order chi connectivity index (χ1) is 7.84. The number of aromatic nitrogens is 1. The van der Waals surface area contributed by atoms with Crippen LogP contribution in [-0.4, -0.2) is 10.1 Å². The van der Waals surface area contributed by atoms with E-state index in [4.69, 9.17) is 4.42 Å². The van der Waals surface area contributed by atoms with E-state index in [0.717, 1.165) is 11.1 Å². The van der Waals surface area contributed by atoms with Crippen LogP contribution in [0.15, 0.2) is 52.9 Å². The van der Waals surface area contributed by atoms with Gasteiger partial charge in [-0.05, 0) is 24.3 Å². The quantitative estimate of drug-likeness (QED) is 0.694. The Morgan fingerprint density at radius 3 is 2.41 bits per heavy atom. The Balaban J connectivity index is 0.00000108. The maximum Gasteiger partial charge on any atom is 2.00 e. The summed E-state index contributed by atoms with van der Waals surface area (Å²) in [6.07, 6.45) is 0. The van der Waals surface area contributed by atoms with Crippen LogP contribution in [0.3, 0.4) is 0 Å². The summed E-state index contributed by atoms with van der Waals surface area (Å²) in [6.45, 7) is 0. The maximum atomic E-state index is 9.69. The van der Waals surface area contributed by atoms with Gasteiger partial charge in [0.15, 0.2) is 5.58 Å². The molecule has 0 fully saturated rings. The number of hydrogen-bond donors (Lipinski definition) is 1. The minimum atomic E-state index is 0. The van der Waals surface area contributed by atoms with Crippen LogP contribution in [0.2, 0.25) is 0 Å². The normalized spacial score (nSPS) is 10.1. The fourth-order valence-electron chi connectivity index (χ4n) is 1.64. The summed E-state index contributed by atoms with van der Waals surface area (Å²) < 4.78 is 5.56. The Labute approximate surface area is 111 Å². The molecule has 0 bridgehead atoms. The standard InChI is InChI=1S/C13H9NO2.Zn/c15-11-7-3-1-5-9(11)13-14-10-6-2-4-8-12(10)16-13;/h1-8,15H;/q;+2. The van der Waals surface area contributed by atoms with Crippen LogP contribution in [-0.2, 0) is 19.5 Å². The number of nitrogens with zero attached hydrogens (tertiary/aromatic N) is 1. The summed E-state index contributed by atoms with van der Waals surface area (Å²) in [7, 11) is 0. The van der Waals surface area contributed by atoms with Crippen molar-refractivity contribution in [2.24, 2.45) is 0 Å². The van der Waals surface area contributed by atoms with Crippen molar-refractivity contribution in [3.05, 3.63) is 48.5 Å². The van der Waals surface area contributed by atoms with E-state index in [-0.39, 0.29) is 25.2 Å². The van der Waals surface area contributed by atoms with Crippen LogP contribution in [0.1, 0.15) is 0 Å². The van der Waals surface area contributed by atoms with Gasteiger partial charge in [0.1, 0.15) is 11.3 Å². The van der Waals surface area contributed by atoms with E-state index in [0.29, 0.717) is 11.5 Å². The molecule has 17 heavy (non-hydrogen) atoms. The number of rotatable bonds is 1. The van der Waals surface area contributed by atoms with Crippen molar-refractivity contribution in [2.45, 2.75) is 0 Å². The first-order valence-electron chi connectivity index (χ1n) is 4.98. The second kappa shape index (κ2) is 4.68. The van der Waals surface area contributed by atoms with E-state index in [1.165, 1.54) is 0 Å². The molecule has 1 N–H and O–H groups in total. The molecule has 3 aromatic rings. The van der Waals surface area contributed by atoms with Crippen molar-refractivity contribution < 1.29 is 29.0 Å². The molecule has 1 heterocycles. The molecule has 0 unspecified atom stereocenters. The molecular weight excluding hydrogens is 268 g/mol. The number of fused-ring (bicyclic) bond motifs is 1. The van der Waals surface area contributed by atoms with E-state index in [1.807, 2.05) is 30.3 Å². The molecule has 3 nitrogen and oxygen atoms in total. The number of aromatic hydroxyl groups is 1. The molecule has 0 radical (unpaired) electrons. The summed E-state index contributed by atoms with van der Waals surface area (Å²) >= 11 is 0. The van der Waals surface area contributed by atoms with Crippen LogP contribution in [0, 0.1) is 0 Å². The van der Waals surface area contributed by atoms with Gasteiger partial charge in [0.05, 0.1) is 5.56 Å². The third-order valence-corrected chi connectivity index (χ3v) is 2.43. The smallest absolute Gasteiger partial charge is 0.507 e. The van der Waals surface area contributed by atoms with E-state index in [9.17, 15) is 5.11 Å². The number of benzene rings is 2. The Morgan fingerprint density at radius 1 is 0.941 bits per heavy atom. The molecular formula is C13H9NO2Zn+2. The Hall–Kier alpha value is -1.67. The molecule has 0 aliphatic carbocycles. The van der Waals surface area contributed by atoms with Crippen LogP contribution in [0.4, 0.5) is 0 Å². The topological polar surface area (TPSA) is 46.3 Å². The molecule has 1 aromatic heterocycles. The number of phenols is 1. The molecule has 0 saturated heterocycles. The molecule has 0 saturated carbocycles. The molecule has 4 heteroatoms. The number of phenolic OH excluding ortho intramolecular Hbond substituents is 1. The predicted octanol–water partition coefficient (Wildman–Crippen LogP) is 3.20. The SMILES string of the molecule is Oc1ccccc1-c1nc2ccccc2o1.[Zn+2]. The van der Waals surface area contributed by atoms with Gasteiger partial charge in [-0.2, -0.15) is 0 Å². The van der Waals surface area contributed by atoms with Crippen molar-refractivity contribution in [3.63, 3.8) is 0 Å². The summed E-state index contributed by atoms with van der Waals surface area (Å²) in [5, 5.41) is 9.69. The fraction of sp³-hybridized carbons (Fsp3) is 0. The fourth-order valence-corrected chi connectivity index (χ4v) is 1.64. The molecule has 78 valence electrons. The average Bonchev–Trinajstić information content (AvgIpc) is 2.73. The minimum absolute atomic E-state index is 0. The zero-order valence-corrected chi connectivity index (χ0v) is 12.1. The van der Waals surface area contributed by atoms with Crippen LogP contribution in [0.25, 0.3) is 22.6 Å². The van der Waals surface area contributed by atoms with Crippen molar-refractivity contribution in [1.29, 1.82) is 0 Å². The second-order valence-corrected chi connectivity index (χ2v) is 3.50. The molecule has 0 atom stereocenters.